The third kappa shape index (κ3) is 5.14. The van der Waals surface area contributed by atoms with Gasteiger partial charge in [0.2, 0.25) is 0 Å². The molecule has 0 saturated carbocycles. The number of nitrogens with zero attached hydrogens (tertiary/aromatic N) is 1. The van der Waals surface area contributed by atoms with E-state index in [4.69, 9.17) is 5.73 Å². The zero-order valence-electron chi connectivity index (χ0n) is 8.65. The first-order valence-corrected chi connectivity index (χ1v) is 6.01. The quantitative estimate of drug-likeness (QED) is 0.664. The molecule has 1 aliphatic rings. The van der Waals surface area contributed by atoms with Crippen LogP contribution in [0.15, 0.2) is 30.3 Å². The number of benzene rings is 1. The van der Waals surface area contributed by atoms with E-state index < -0.39 is 0 Å². The maximum Gasteiger partial charge on any atom is 0.0313 e. The lowest BCUT2D eigenvalue weighted by molar-refractivity contribution is 0.372. The van der Waals surface area contributed by atoms with E-state index in [1.54, 1.807) is 0 Å². The molecular weight excluding hydrogens is 192 g/mol. The normalized spacial score (nSPS) is 16.9. The van der Waals surface area contributed by atoms with Gasteiger partial charge in [-0.2, -0.15) is 11.8 Å². The van der Waals surface area contributed by atoms with Gasteiger partial charge in [0.25, 0.3) is 0 Å². The van der Waals surface area contributed by atoms with Crippen LogP contribution in [0.2, 0.25) is 0 Å². The maximum absolute atomic E-state index is 5.36. The minimum Gasteiger partial charge on any atom is -0.399 e. The highest BCUT2D eigenvalue weighted by molar-refractivity contribution is 7.99. The molecular formula is C11H18N2S. The third-order valence-corrected chi connectivity index (χ3v) is 2.98. The zero-order chi connectivity index (χ0) is 10.2. The van der Waals surface area contributed by atoms with Crippen molar-refractivity contribution in [1.29, 1.82) is 0 Å². The van der Waals surface area contributed by atoms with Gasteiger partial charge < -0.3 is 10.6 Å². The number of hydrogen-bond acceptors (Lipinski definition) is 3. The summed E-state index contributed by atoms with van der Waals surface area (Å²) in [5.74, 6) is 2.66. The van der Waals surface area contributed by atoms with Crippen molar-refractivity contribution in [3.05, 3.63) is 30.3 Å². The topological polar surface area (TPSA) is 29.3 Å². The molecule has 1 aliphatic heterocycles. The van der Waals surface area contributed by atoms with E-state index in [9.17, 15) is 0 Å². The van der Waals surface area contributed by atoms with Crippen LogP contribution in [0.5, 0.6) is 0 Å². The Balaban J connectivity index is 0.000000140. The van der Waals surface area contributed by atoms with Gasteiger partial charge in [-0.1, -0.05) is 18.2 Å². The Morgan fingerprint density at radius 3 is 2.00 bits per heavy atom. The number of nitrogens with two attached hydrogens (primary N) is 1. The van der Waals surface area contributed by atoms with E-state index >= 15 is 0 Å². The molecule has 1 heterocycles. The third-order valence-electron chi connectivity index (χ3n) is 2.03. The van der Waals surface area contributed by atoms with Crippen LogP contribution in [0.1, 0.15) is 0 Å². The summed E-state index contributed by atoms with van der Waals surface area (Å²) in [6.45, 7) is 2.56. The van der Waals surface area contributed by atoms with Crippen LogP contribution in [0, 0.1) is 0 Å². The first-order chi connectivity index (χ1) is 6.79. The number of anilines is 1. The van der Waals surface area contributed by atoms with Gasteiger partial charge >= 0.3 is 0 Å². The van der Waals surface area contributed by atoms with E-state index in [1.807, 2.05) is 30.3 Å². The molecule has 3 heteroatoms. The van der Waals surface area contributed by atoms with Crippen LogP contribution >= 0.6 is 11.8 Å². The van der Waals surface area contributed by atoms with Crippen LogP contribution < -0.4 is 5.73 Å². The lowest BCUT2D eigenvalue weighted by atomic mass is 10.3. The molecule has 2 rings (SSSR count). The lowest BCUT2D eigenvalue weighted by Crippen LogP contribution is -2.28. The molecule has 78 valence electrons. The van der Waals surface area contributed by atoms with Crippen molar-refractivity contribution in [1.82, 2.24) is 4.90 Å². The molecule has 14 heavy (non-hydrogen) atoms. The molecule has 0 aliphatic carbocycles. The second-order valence-electron chi connectivity index (χ2n) is 3.33. The first-order valence-electron chi connectivity index (χ1n) is 4.86. The van der Waals surface area contributed by atoms with Gasteiger partial charge in [0.15, 0.2) is 0 Å². The van der Waals surface area contributed by atoms with Crippen molar-refractivity contribution >= 4 is 17.4 Å². The monoisotopic (exact) mass is 210 g/mol. The summed E-state index contributed by atoms with van der Waals surface area (Å²) >= 11 is 2.06. The van der Waals surface area contributed by atoms with Crippen molar-refractivity contribution in [3.63, 3.8) is 0 Å². The fourth-order valence-electron chi connectivity index (χ4n) is 1.11. The average molecular weight is 210 g/mol. The molecule has 0 bridgehead atoms. The summed E-state index contributed by atoms with van der Waals surface area (Å²) in [5.41, 5.74) is 6.18. The predicted molar refractivity (Wildman–Crippen MR) is 65.7 cm³/mol. The Bertz CT molecular complexity index is 232. The van der Waals surface area contributed by atoms with Crippen molar-refractivity contribution in [2.45, 2.75) is 0 Å². The molecule has 1 saturated heterocycles. The van der Waals surface area contributed by atoms with E-state index in [2.05, 4.69) is 23.7 Å². The predicted octanol–water partition coefficient (Wildman–Crippen LogP) is 1.93. The van der Waals surface area contributed by atoms with Gasteiger partial charge in [-0.3, -0.25) is 0 Å². The molecule has 0 atom stereocenters. The molecule has 1 aromatic carbocycles. The van der Waals surface area contributed by atoms with E-state index in [0.29, 0.717) is 0 Å². The minimum atomic E-state index is 0.822. The highest BCUT2D eigenvalue weighted by Gasteiger charge is 2.02. The van der Waals surface area contributed by atoms with Gasteiger partial charge in [-0.25, -0.2) is 0 Å². The van der Waals surface area contributed by atoms with Gasteiger partial charge in [0, 0.05) is 30.3 Å². The summed E-state index contributed by atoms with van der Waals surface area (Å²) in [6.07, 6.45) is 0. The Morgan fingerprint density at radius 1 is 1.14 bits per heavy atom. The van der Waals surface area contributed by atoms with Crippen molar-refractivity contribution in [2.24, 2.45) is 0 Å². The Kier molecular flexibility index (Phi) is 5.49. The number of hydrogen-bond donors (Lipinski definition) is 1. The second kappa shape index (κ2) is 6.74. The molecule has 1 fully saturated rings. The molecule has 0 spiro atoms. The standard InChI is InChI=1S/C6H7N.C5H11NS/c7-6-4-2-1-3-5-6;1-6-2-4-7-5-3-6/h1-5H,7H2;2-5H2,1H3. The SMILES string of the molecule is CN1CCSCC1.Nc1ccccc1. The fourth-order valence-corrected chi connectivity index (χ4v) is 2.19. The Morgan fingerprint density at radius 2 is 1.71 bits per heavy atom. The fraction of sp³-hybridized carbons (Fsp3) is 0.455. The van der Waals surface area contributed by atoms with Crippen LogP contribution in [0.25, 0.3) is 0 Å². The zero-order valence-corrected chi connectivity index (χ0v) is 9.46. The highest BCUT2D eigenvalue weighted by Crippen LogP contribution is 2.05. The van der Waals surface area contributed by atoms with E-state index in [-0.39, 0.29) is 0 Å². The van der Waals surface area contributed by atoms with Gasteiger partial charge in [-0.05, 0) is 19.2 Å². The number of thioether (sulfide) groups is 1. The summed E-state index contributed by atoms with van der Waals surface area (Å²) in [5, 5.41) is 0. The smallest absolute Gasteiger partial charge is 0.0313 e. The number of rotatable bonds is 0. The van der Waals surface area contributed by atoms with Crippen molar-refractivity contribution < 1.29 is 0 Å². The van der Waals surface area contributed by atoms with Crippen LogP contribution in [0.3, 0.4) is 0 Å². The largest absolute Gasteiger partial charge is 0.399 e. The summed E-state index contributed by atoms with van der Waals surface area (Å²) < 4.78 is 0. The molecule has 1 aromatic rings. The van der Waals surface area contributed by atoms with Crippen LogP contribution in [-0.4, -0.2) is 36.5 Å². The Labute approximate surface area is 90.5 Å². The Hall–Kier alpha value is -0.670. The first kappa shape index (κ1) is 11.4. The molecule has 2 nitrogen and oxygen atoms in total. The summed E-state index contributed by atoms with van der Waals surface area (Å²) in [6, 6.07) is 9.49. The van der Waals surface area contributed by atoms with E-state index in [1.165, 1.54) is 24.6 Å². The van der Waals surface area contributed by atoms with Gasteiger partial charge in [-0.15, -0.1) is 0 Å². The number of para-hydroxylation sites is 1. The van der Waals surface area contributed by atoms with Crippen molar-refractivity contribution in [3.8, 4) is 0 Å². The summed E-state index contributed by atoms with van der Waals surface area (Å²) in [7, 11) is 2.18. The molecule has 2 N–H and O–H groups in total. The molecule has 0 unspecified atom stereocenters. The van der Waals surface area contributed by atoms with Crippen molar-refractivity contribution in [2.75, 3.05) is 37.4 Å². The van der Waals surface area contributed by atoms with Crippen LogP contribution in [0.4, 0.5) is 5.69 Å². The maximum atomic E-state index is 5.36. The second-order valence-corrected chi connectivity index (χ2v) is 4.55. The number of nitrogen functional groups attached to an aromatic ring is 1. The van der Waals surface area contributed by atoms with Gasteiger partial charge in [0.1, 0.15) is 0 Å². The highest BCUT2D eigenvalue weighted by atomic mass is 32.2. The molecule has 0 amide bonds. The summed E-state index contributed by atoms with van der Waals surface area (Å²) in [4.78, 5) is 2.37. The average Bonchev–Trinajstić information content (AvgIpc) is 2.21. The van der Waals surface area contributed by atoms with Crippen LogP contribution in [-0.2, 0) is 0 Å². The van der Waals surface area contributed by atoms with Gasteiger partial charge in [0.05, 0.1) is 0 Å². The van der Waals surface area contributed by atoms with E-state index in [0.717, 1.165) is 5.69 Å². The molecule has 0 radical (unpaired) electrons. The molecule has 0 aromatic heterocycles. The lowest BCUT2D eigenvalue weighted by Gasteiger charge is -2.20. The minimum absolute atomic E-state index is 0.822.